The first-order valence-electron chi connectivity index (χ1n) is 7.81. The zero-order chi connectivity index (χ0) is 16.3. The number of hydrogen-bond donors (Lipinski definition) is 1. The Hall–Kier alpha value is -1.14. The van der Waals surface area contributed by atoms with Gasteiger partial charge in [-0.25, -0.2) is 0 Å². The van der Waals surface area contributed by atoms with Gasteiger partial charge in [-0.15, -0.1) is 0 Å². The summed E-state index contributed by atoms with van der Waals surface area (Å²) in [4.78, 5) is 0. The summed E-state index contributed by atoms with van der Waals surface area (Å²) in [5.74, 6) is 0. The second kappa shape index (κ2) is 10.6. The zero-order valence-corrected chi connectivity index (χ0v) is 15.1. The minimum atomic E-state index is -2.38. The van der Waals surface area contributed by atoms with Crippen molar-refractivity contribution in [3.05, 3.63) is 42.5 Å². The lowest BCUT2D eigenvalue weighted by Gasteiger charge is -2.24. The largest absolute Gasteiger partial charge is 0.500 e. The van der Waals surface area contributed by atoms with Gasteiger partial charge in [-0.3, -0.25) is 0 Å². The maximum Gasteiger partial charge on any atom is 0.500 e. The first-order valence-corrected chi connectivity index (χ1v) is 9.74. The van der Waals surface area contributed by atoms with Crippen LogP contribution in [-0.4, -0.2) is 36.7 Å². The van der Waals surface area contributed by atoms with Crippen molar-refractivity contribution in [2.45, 2.75) is 31.7 Å². The van der Waals surface area contributed by atoms with Gasteiger partial charge in [0.25, 0.3) is 0 Å². The molecule has 5 heteroatoms. The highest BCUT2D eigenvalue weighted by Gasteiger charge is 2.36. The predicted molar refractivity (Wildman–Crippen MR) is 93.5 cm³/mol. The van der Waals surface area contributed by atoms with Crippen molar-refractivity contribution in [3.8, 4) is 0 Å². The van der Waals surface area contributed by atoms with Crippen molar-refractivity contribution in [2.24, 2.45) is 0 Å². The molecule has 0 unspecified atom stereocenters. The van der Waals surface area contributed by atoms with Crippen LogP contribution in [0.15, 0.2) is 36.9 Å². The molecule has 0 aliphatic carbocycles. The average Bonchev–Trinajstić information content (AvgIpc) is 2.58. The molecule has 0 radical (unpaired) electrons. The molecule has 124 valence electrons. The summed E-state index contributed by atoms with van der Waals surface area (Å²) >= 11 is 0. The minimum Gasteiger partial charge on any atom is -0.385 e. The van der Waals surface area contributed by atoms with Gasteiger partial charge in [0.05, 0.1) is 0 Å². The summed E-state index contributed by atoms with van der Waals surface area (Å²) in [5.41, 5.74) is 2.14. The zero-order valence-electron chi connectivity index (χ0n) is 14.1. The fraction of sp³-hybridized carbons (Fsp3) is 0.529. The molecule has 0 saturated carbocycles. The Morgan fingerprint density at radius 3 is 2.14 bits per heavy atom. The fourth-order valence-electron chi connectivity index (χ4n) is 2.36. The van der Waals surface area contributed by atoms with Crippen LogP contribution in [0.25, 0.3) is 5.70 Å². The van der Waals surface area contributed by atoms with E-state index < -0.39 is 8.80 Å². The van der Waals surface area contributed by atoms with E-state index in [0.717, 1.165) is 43.1 Å². The third-order valence-electron chi connectivity index (χ3n) is 3.80. The highest BCUT2D eigenvalue weighted by Crippen LogP contribution is 2.17. The Labute approximate surface area is 135 Å². The van der Waals surface area contributed by atoms with Gasteiger partial charge in [-0.05, 0) is 18.4 Å². The van der Waals surface area contributed by atoms with Crippen LogP contribution < -0.4 is 5.32 Å². The van der Waals surface area contributed by atoms with E-state index in [9.17, 15) is 0 Å². The molecule has 0 amide bonds. The van der Waals surface area contributed by atoms with E-state index in [4.69, 9.17) is 13.3 Å². The highest BCUT2D eigenvalue weighted by molar-refractivity contribution is 6.60. The highest BCUT2D eigenvalue weighted by atomic mass is 28.4. The molecule has 0 spiro atoms. The second-order valence-electron chi connectivity index (χ2n) is 5.23. The molecule has 1 N–H and O–H groups in total. The van der Waals surface area contributed by atoms with E-state index in [2.05, 4.69) is 24.0 Å². The molecule has 0 heterocycles. The molecule has 0 bridgehead atoms. The van der Waals surface area contributed by atoms with Crippen LogP contribution in [0.4, 0.5) is 0 Å². The van der Waals surface area contributed by atoms with Crippen LogP contribution >= 0.6 is 0 Å². The molecule has 0 atom stereocenters. The molecule has 4 nitrogen and oxygen atoms in total. The van der Waals surface area contributed by atoms with Crippen LogP contribution in [0.2, 0.25) is 6.04 Å². The van der Waals surface area contributed by atoms with Gasteiger partial charge >= 0.3 is 8.80 Å². The Balaban J connectivity index is 2.10. The van der Waals surface area contributed by atoms with Crippen LogP contribution in [0.3, 0.4) is 0 Å². The second-order valence-corrected chi connectivity index (χ2v) is 8.32. The molecular formula is C17H29NO3Si. The van der Waals surface area contributed by atoms with Gasteiger partial charge in [-0.2, -0.15) is 0 Å². The first-order chi connectivity index (χ1) is 10.7. The normalized spacial score (nSPS) is 11.4. The first kappa shape index (κ1) is 18.9. The minimum absolute atomic E-state index is 0.876. The molecule has 1 rings (SSSR count). The van der Waals surface area contributed by atoms with Crippen LogP contribution in [0, 0.1) is 0 Å². The van der Waals surface area contributed by atoms with E-state index in [1.165, 1.54) is 6.42 Å². The van der Waals surface area contributed by atoms with Gasteiger partial charge in [0, 0.05) is 39.6 Å². The summed E-state index contributed by atoms with van der Waals surface area (Å²) in [7, 11) is 2.62. The Kier molecular flexibility index (Phi) is 9.08. The number of nitrogens with one attached hydrogen (secondary N) is 1. The number of hydrogen-bond acceptors (Lipinski definition) is 4. The van der Waals surface area contributed by atoms with E-state index in [1.807, 2.05) is 18.2 Å². The average molecular weight is 324 g/mol. The van der Waals surface area contributed by atoms with Crippen molar-refractivity contribution in [1.29, 1.82) is 0 Å². The number of benzene rings is 1. The van der Waals surface area contributed by atoms with Gasteiger partial charge in [0.15, 0.2) is 0 Å². The lowest BCUT2D eigenvalue weighted by molar-refractivity contribution is 0.122. The lowest BCUT2D eigenvalue weighted by Crippen LogP contribution is -2.42. The van der Waals surface area contributed by atoms with E-state index >= 15 is 0 Å². The van der Waals surface area contributed by atoms with Crippen molar-refractivity contribution in [2.75, 3.05) is 27.9 Å². The van der Waals surface area contributed by atoms with Crippen LogP contribution in [-0.2, 0) is 13.3 Å². The Bertz CT molecular complexity index is 413. The van der Waals surface area contributed by atoms with Crippen molar-refractivity contribution in [3.63, 3.8) is 0 Å². The predicted octanol–water partition coefficient (Wildman–Crippen LogP) is 3.69. The Morgan fingerprint density at radius 2 is 1.55 bits per heavy atom. The Morgan fingerprint density at radius 1 is 0.955 bits per heavy atom. The molecule has 0 aliphatic heterocycles. The summed E-state index contributed by atoms with van der Waals surface area (Å²) in [6.45, 7) is 5.02. The quantitative estimate of drug-likeness (QED) is 0.470. The van der Waals surface area contributed by atoms with Crippen LogP contribution in [0.5, 0.6) is 0 Å². The van der Waals surface area contributed by atoms with Gasteiger partial charge in [0.2, 0.25) is 0 Å². The third-order valence-corrected chi connectivity index (χ3v) is 6.64. The smallest absolute Gasteiger partial charge is 0.385 e. The molecule has 22 heavy (non-hydrogen) atoms. The molecule has 0 aromatic heterocycles. The monoisotopic (exact) mass is 323 g/mol. The standard InChI is InChI=1S/C17H29NO3Si/c1-16(17-12-8-7-9-13-17)18-14-10-5-6-11-15-22(19-2,20-3)21-4/h7-9,12-13,18H,1,5-6,10-11,14-15H2,2-4H3. The summed E-state index contributed by atoms with van der Waals surface area (Å²) in [6, 6.07) is 11.1. The maximum atomic E-state index is 5.41. The van der Waals surface area contributed by atoms with Crippen molar-refractivity contribution < 1.29 is 13.3 Å². The van der Waals surface area contributed by atoms with Crippen molar-refractivity contribution in [1.82, 2.24) is 5.32 Å². The summed E-state index contributed by atoms with van der Waals surface area (Å²) in [5, 5.41) is 3.38. The fourth-order valence-corrected chi connectivity index (χ4v) is 4.15. The molecule has 0 aliphatic rings. The molecule has 0 saturated heterocycles. The van der Waals surface area contributed by atoms with Gasteiger partial charge in [-0.1, -0.05) is 49.8 Å². The number of rotatable bonds is 12. The molecule has 1 aromatic carbocycles. The SMILES string of the molecule is C=C(NCCCCCC[Si](OC)(OC)OC)c1ccccc1. The summed E-state index contributed by atoms with van der Waals surface area (Å²) in [6.07, 6.45) is 4.54. The van der Waals surface area contributed by atoms with Crippen LogP contribution in [0.1, 0.15) is 31.2 Å². The van der Waals surface area contributed by atoms with E-state index in [0.29, 0.717) is 0 Å². The lowest BCUT2D eigenvalue weighted by atomic mass is 10.1. The molecular weight excluding hydrogens is 294 g/mol. The topological polar surface area (TPSA) is 39.7 Å². The summed E-state index contributed by atoms with van der Waals surface area (Å²) < 4.78 is 16.2. The van der Waals surface area contributed by atoms with E-state index in [-0.39, 0.29) is 0 Å². The molecule has 1 aromatic rings. The van der Waals surface area contributed by atoms with E-state index in [1.54, 1.807) is 21.3 Å². The molecule has 0 fully saturated rings. The van der Waals surface area contributed by atoms with Gasteiger partial charge in [0.1, 0.15) is 0 Å². The van der Waals surface area contributed by atoms with Crippen molar-refractivity contribution >= 4 is 14.5 Å². The maximum absolute atomic E-state index is 5.41. The number of unbranched alkanes of at least 4 members (excludes halogenated alkanes) is 3. The third kappa shape index (κ3) is 6.32. The van der Waals surface area contributed by atoms with Gasteiger partial charge < -0.3 is 18.6 Å².